The van der Waals surface area contributed by atoms with E-state index < -0.39 is 21.6 Å². The number of benzene rings is 2. The van der Waals surface area contributed by atoms with Crippen LogP contribution < -0.4 is 0 Å². The Kier molecular flexibility index (Phi) is 5.02. The molecule has 2 aliphatic rings. The first-order valence-corrected chi connectivity index (χ1v) is 10.7. The second kappa shape index (κ2) is 7.37. The summed E-state index contributed by atoms with van der Waals surface area (Å²) in [6.07, 6.45) is 0. The predicted octanol–water partition coefficient (Wildman–Crippen LogP) is 2.66. The highest BCUT2D eigenvalue weighted by Crippen LogP contribution is 2.31. The van der Waals surface area contributed by atoms with Crippen LogP contribution in [0, 0.1) is 5.82 Å². The van der Waals surface area contributed by atoms with E-state index in [-0.39, 0.29) is 53.2 Å². The summed E-state index contributed by atoms with van der Waals surface area (Å²) in [5.41, 5.74) is 0.663. The van der Waals surface area contributed by atoms with Crippen LogP contribution in [0.4, 0.5) is 4.39 Å². The van der Waals surface area contributed by atoms with Gasteiger partial charge in [0.1, 0.15) is 16.5 Å². The lowest BCUT2D eigenvalue weighted by Gasteiger charge is -2.37. The molecular formula is C20H16ClFN2O4S. The van der Waals surface area contributed by atoms with Crippen molar-refractivity contribution in [2.75, 3.05) is 26.2 Å². The summed E-state index contributed by atoms with van der Waals surface area (Å²) in [5.74, 6) is -1.28. The summed E-state index contributed by atoms with van der Waals surface area (Å²) in [5, 5.41) is -0.149. The van der Waals surface area contributed by atoms with Crippen LogP contribution in [-0.4, -0.2) is 55.4 Å². The van der Waals surface area contributed by atoms with Crippen LogP contribution in [0.15, 0.2) is 64.2 Å². The SMILES string of the molecule is O=C1C(Cl)=C(N2CCN(S(=O)(=O)c3ccc(F)cc3)CC2)C(=O)c2ccccc21. The van der Waals surface area contributed by atoms with Crippen LogP contribution in [0.5, 0.6) is 0 Å². The van der Waals surface area contributed by atoms with E-state index in [1.54, 1.807) is 29.2 Å². The summed E-state index contributed by atoms with van der Waals surface area (Å²) < 4.78 is 39.9. The Morgan fingerprint density at radius 3 is 1.97 bits per heavy atom. The highest BCUT2D eigenvalue weighted by atomic mass is 35.5. The summed E-state index contributed by atoms with van der Waals surface area (Å²) in [6.45, 7) is 0.618. The van der Waals surface area contributed by atoms with E-state index in [9.17, 15) is 22.4 Å². The highest BCUT2D eigenvalue weighted by Gasteiger charge is 2.37. The number of fused-ring (bicyclic) bond motifs is 1. The van der Waals surface area contributed by atoms with Crippen molar-refractivity contribution in [3.05, 3.63) is 76.2 Å². The Morgan fingerprint density at radius 2 is 1.38 bits per heavy atom. The van der Waals surface area contributed by atoms with Crippen LogP contribution in [0.2, 0.25) is 0 Å². The first-order valence-electron chi connectivity index (χ1n) is 8.89. The van der Waals surface area contributed by atoms with Crippen LogP contribution in [0.25, 0.3) is 0 Å². The third-order valence-corrected chi connectivity index (χ3v) is 7.31. The quantitative estimate of drug-likeness (QED) is 0.742. The highest BCUT2D eigenvalue weighted by molar-refractivity contribution is 7.89. The maximum Gasteiger partial charge on any atom is 0.243 e. The Balaban J connectivity index is 1.56. The average molecular weight is 435 g/mol. The molecule has 9 heteroatoms. The minimum absolute atomic E-state index is 0.00226. The molecule has 0 aromatic heterocycles. The maximum absolute atomic E-state index is 13.1. The maximum atomic E-state index is 13.1. The van der Waals surface area contributed by atoms with Gasteiger partial charge in [0, 0.05) is 37.3 Å². The molecule has 0 radical (unpaired) electrons. The van der Waals surface area contributed by atoms with E-state index in [1.165, 1.54) is 16.4 Å². The van der Waals surface area contributed by atoms with Crippen molar-refractivity contribution in [3.63, 3.8) is 0 Å². The number of carbonyl (C=O) groups is 2. The Bertz CT molecular complexity index is 1140. The standard InChI is InChI=1S/C20H16ClFN2O4S/c21-17-18(20(26)16-4-2-1-3-15(16)19(17)25)23-9-11-24(12-10-23)29(27,28)14-7-5-13(22)6-8-14/h1-8H,9-12H2. The molecule has 6 nitrogen and oxygen atoms in total. The fraction of sp³-hybridized carbons (Fsp3) is 0.200. The second-order valence-corrected chi connectivity index (χ2v) is 9.03. The molecule has 0 unspecified atom stereocenters. The number of hydrogen-bond donors (Lipinski definition) is 0. The summed E-state index contributed by atoms with van der Waals surface area (Å²) in [7, 11) is -3.78. The predicted molar refractivity (Wildman–Crippen MR) is 105 cm³/mol. The average Bonchev–Trinajstić information content (AvgIpc) is 2.73. The van der Waals surface area contributed by atoms with Crippen molar-refractivity contribution in [1.82, 2.24) is 9.21 Å². The van der Waals surface area contributed by atoms with Crippen LogP contribution in [0.3, 0.4) is 0 Å². The smallest absolute Gasteiger partial charge is 0.243 e. The molecule has 0 atom stereocenters. The van der Waals surface area contributed by atoms with Gasteiger partial charge in [0.25, 0.3) is 0 Å². The van der Waals surface area contributed by atoms with E-state index >= 15 is 0 Å². The largest absolute Gasteiger partial charge is 0.364 e. The molecule has 1 heterocycles. The molecular weight excluding hydrogens is 419 g/mol. The number of halogens is 2. The van der Waals surface area contributed by atoms with Gasteiger partial charge in [-0.25, -0.2) is 12.8 Å². The molecule has 150 valence electrons. The van der Waals surface area contributed by atoms with Gasteiger partial charge in [-0.2, -0.15) is 4.31 Å². The number of ketones is 2. The van der Waals surface area contributed by atoms with Crippen molar-refractivity contribution in [3.8, 4) is 0 Å². The van der Waals surface area contributed by atoms with Crippen molar-refractivity contribution < 1.29 is 22.4 Å². The number of rotatable bonds is 3. The van der Waals surface area contributed by atoms with Gasteiger partial charge in [0.15, 0.2) is 0 Å². The number of nitrogens with zero attached hydrogens (tertiary/aromatic N) is 2. The topological polar surface area (TPSA) is 74.8 Å². The number of piperazine rings is 1. The number of Topliss-reactive ketones (excluding diaryl/α,β-unsaturated/α-hetero) is 2. The molecule has 2 aromatic rings. The normalized spacial score (nSPS) is 18.2. The number of hydrogen-bond acceptors (Lipinski definition) is 5. The first kappa shape index (κ1) is 19.8. The lowest BCUT2D eigenvalue weighted by Crippen LogP contribution is -2.49. The third-order valence-electron chi connectivity index (χ3n) is 5.04. The van der Waals surface area contributed by atoms with Gasteiger partial charge >= 0.3 is 0 Å². The van der Waals surface area contributed by atoms with Gasteiger partial charge in [0.2, 0.25) is 21.6 Å². The minimum atomic E-state index is -3.78. The zero-order chi connectivity index (χ0) is 20.8. The third kappa shape index (κ3) is 3.37. The van der Waals surface area contributed by atoms with Crippen molar-refractivity contribution in [2.24, 2.45) is 0 Å². The van der Waals surface area contributed by atoms with E-state index in [1.807, 2.05) is 0 Å². The molecule has 29 heavy (non-hydrogen) atoms. The molecule has 1 fully saturated rings. The zero-order valence-electron chi connectivity index (χ0n) is 15.1. The van der Waals surface area contributed by atoms with Gasteiger partial charge in [-0.15, -0.1) is 0 Å². The van der Waals surface area contributed by atoms with Gasteiger partial charge in [-0.1, -0.05) is 35.9 Å². The molecule has 1 saturated heterocycles. The molecule has 4 rings (SSSR count). The minimum Gasteiger partial charge on any atom is -0.364 e. The van der Waals surface area contributed by atoms with Gasteiger partial charge in [-0.05, 0) is 24.3 Å². The second-order valence-electron chi connectivity index (χ2n) is 6.71. The number of sulfonamides is 1. The van der Waals surface area contributed by atoms with Crippen LogP contribution in [0.1, 0.15) is 20.7 Å². The van der Waals surface area contributed by atoms with Crippen LogP contribution in [-0.2, 0) is 10.0 Å². The molecule has 0 spiro atoms. The molecule has 0 saturated carbocycles. The Labute approximate surface area is 172 Å². The Morgan fingerprint density at radius 1 is 0.828 bits per heavy atom. The molecule has 2 aromatic carbocycles. The molecule has 0 amide bonds. The van der Waals surface area contributed by atoms with E-state index in [0.717, 1.165) is 12.1 Å². The van der Waals surface area contributed by atoms with Gasteiger partial charge in [0.05, 0.1) is 4.90 Å². The van der Waals surface area contributed by atoms with Crippen LogP contribution >= 0.6 is 11.6 Å². The van der Waals surface area contributed by atoms with Crippen molar-refractivity contribution in [2.45, 2.75) is 4.90 Å². The summed E-state index contributed by atoms with van der Waals surface area (Å²) in [6, 6.07) is 11.1. The van der Waals surface area contributed by atoms with Gasteiger partial charge < -0.3 is 4.90 Å². The van der Waals surface area contributed by atoms with E-state index in [0.29, 0.717) is 5.56 Å². The summed E-state index contributed by atoms with van der Waals surface area (Å²) >= 11 is 6.23. The monoisotopic (exact) mass is 434 g/mol. The van der Waals surface area contributed by atoms with E-state index in [4.69, 9.17) is 11.6 Å². The molecule has 1 aliphatic carbocycles. The van der Waals surface area contributed by atoms with E-state index in [2.05, 4.69) is 0 Å². The first-order chi connectivity index (χ1) is 13.8. The summed E-state index contributed by atoms with van der Waals surface area (Å²) in [4.78, 5) is 27.1. The number of allylic oxidation sites excluding steroid dienone is 2. The number of carbonyl (C=O) groups excluding carboxylic acids is 2. The van der Waals surface area contributed by atoms with Gasteiger partial charge in [-0.3, -0.25) is 9.59 Å². The Hall–Kier alpha value is -2.55. The lowest BCUT2D eigenvalue weighted by molar-refractivity contribution is 0.0933. The lowest BCUT2D eigenvalue weighted by atomic mass is 9.91. The molecule has 1 aliphatic heterocycles. The van der Waals surface area contributed by atoms with Crippen molar-refractivity contribution >= 4 is 33.2 Å². The van der Waals surface area contributed by atoms with Crippen molar-refractivity contribution in [1.29, 1.82) is 0 Å². The fourth-order valence-electron chi connectivity index (χ4n) is 3.52. The zero-order valence-corrected chi connectivity index (χ0v) is 16.7. The molecule has 0 N–H and O–H groups in total. The molecule has 0 bridgehead atoms. The fourth-order valence-corrected chi connectivity index (χ4v) is 5.25.